The average Bonchev–Trinajstić information content (AvgIpc) is 3.44. The highest BCUT2D eigenvalue weighted by atomic mass is 32.2. The molecule has 1 saturated heterocycles. The molecule has 1 aromatic heterocycles. The number of para-hydroxylation sites is 1. The van der Waals surface area contributed by atoms with Gasteiger partial charge in [0.15, 0.2) is 5.17 Å². The van der Waals surface area contributed by atoms with E-state index in [4.69, 9.17) is 9.15 Å². The number of furan rings is 1. The summed E-state index contributed by atoms with van der Waals surface area (Å²) in [5.41, 5.74) is 1.24. The van der Waals surface area contributed by atoms with E-state index in [0.717, 1.165) is 5.56 Å². The summed E-state index contributed by atoms with van der Waals surface area (Å²) in [6.45, 7) is 0.188. The van der Waals surface area contributed by atoms with Crippen LogP contribution in [-0.4, -0.2) is 34.2 Å². The van der Waals surface area contributed by atoms with E-state index in [0.29, 0.717) is 27.1 Å². The van der Waals surface area contributed by atoms with Gasteiger partial charge < -0.3 is 9.15 Å². The smallest absolute Gasteiger partial charge is 0.270 e. The summed E-state index contributed by atoms with van der Waals surface area (Å²) in [5.74, 6) is 0.995. The van der Waals surface area contributed by atoms with Crippen LogP contribution < -0.4 is 4.74 Å². The van der Waals surface area contributed by atoms with Gasteiger partial charge >= 0.3 is 0 Å². The van der Waals surface area contributed by atoms with Crippen LogP contribution in [0.5, 0.6) is 5.75 Å². The zero-order valence-electron chi connectivity index (χ0n) is 17.5. The Labute approximate surface area is 193 Å². The second-order valence-corrected chi connectivity index (χ2v) is 7.81. The molecular weight excluding hydrogens is 444 g/mol. The van der Waals surface area contributed by atoms with Crippen molar-refractivity contribution in [2.24, 2.45) is 10.2 Å². The van der Waals surface area contributed by atoms with Crippen LogP contribution in [0, 0.1) is 10.1 Å². The molecule has 10 heteroatoms. The fourth-order valence-electron chi connectivity index (χ4n) is 3.07. The molecule has 0 atom stereocenters. The highest BCUT2D eigenvalue weighted by Crippen LogP contribution is 2.35. The number of amides is 1. The van der Waals surface area contributed by atoms with Gasteiger partial charge in [-0.2, -0.15) is 5.10 Å². The molecule has 2 aromatic carbocycles. The lowest BCUT2D eigenvalue weighted by Gasteiger charge is -2.12. The molecule has 1 amide bonds. The normalized spacial score (nSPS) is 16.3. The minimum absolute atomic E-state index is 0.0431. The fourth-order valence-corrected chi connectivity index (χ4v) is 4.00. The summed E-state index contributed by atoms with van der Waals surface area (Å²) >= 11 is 1.17. The van der Waals surface area contributed by atoms with Crippen LogP contribution in [0.3, 0.4) is 0 Å². The molecule has 1 fully saturated rings. The van der Waals surface area contributed by atoms with Gasteiger partial charge in [-0.15, -0.1) is 5.10 Å². The molecule has 0 radical (unpaired) electrons. The maximum Gasteiger partial charge on any atom is 0.270 e. The molecule has 0 saturated carbocycles. The van der Waals surface area contributed by atoms with E-state index in [1.165, 1.54) is 41.3 Å². The Morgan fingerprint density at radius 1 is 1.18 bits per heavy atom. The van der Waals surface area contributed by atoms with Crippen molar-refractivity contribution in [3.8, 4) is 5.75 Å². The van der Waals surface area contributed by atoms with Crippen LogP contribution >= 0.6 is 11.8 Å². The molecule has 0 N–H and O–H groups in total. The topological polar surface area (TPSA) is 111 Å². The Kier molecular flexibility index (Phi) is 6.65. The first-order valence-electron chi connectivity index (χ1n) is 9.77. The molecule has 166 valence electrons. The fraction of sp³-hybridized carbons (Fsp3) is 0.0870. The number of nitrogens with zero attached hydrogens (tertiary/aromatic N) is 4. The van der Waals surface area contributed by atoms with Gasteiger partial charge in [-0.1, -0.05) is 30.3 Å². The Bertz CT molecular complexity index is 1270. The number of carbonyl (C=O) groups excluding carboxylic acids is 1. The number of hydrogen-bond donors (Lipinski definition) is 0. The second-order valence-electron chi connectivity index (χ2n) is 6.80. The van der Waals surface area contributed by atoms with Gasteiger partial charge in [0.2, 0.25) is 0 Å². The molecule has 0 aliphatic carbocycles. The lowest BCUT2D eigenvalue weighted by molar-refractivity contribution is -0.384. The number of amidine groups is 1. The Balaban J connectivity index is 1.64. The zero-order valence-corrected chi connectivity index (χ0v) is 18.3. The van der Waals surface area contributed by atoms with Crippen LogP contribution in [0.25, 0.3) is 6.08 Å². The molecular formula is C23H18N4O5S. The van der Waals surface area contributed by atoms with Crippen molar-refractivity contribution in [2.45, 2.75) is 6.54 Å². The summed E-state index contributed by atoms with van der Waals surface area (Å²) in [6.07, 6.45) is 4.68. The number of benzene rings is 2. The van der Waals surface area contributed by atoms with Gasteiger partial charge in [-0.3, -0.25) is 19.8 Å². The number of rotatable bonds is 7. The largest absolute Gasteiger partial charge is 0.496 e. The van der Waals surface area contributed by atoms with Gasteiger partial charge in [-0.05, 0) is 36.0 Å². The highest BCUT2D eigenvalue weighted by Gasteiger charge is 2.34. The van der Waals surface area contributed by atoms with E-state index in [1.54, 1.807) is 37.5 Å². The third-order valence-electron chi connectivity index (χ3n) is 4.64. The molecule has 0 bridgehead atoms. The molecule has 9 nitrogen and oxygen atoms in total. The van der Waals surface area contributed by atoms with E-state index in [9.17, 15) is 14.9 Å². The van der Waals surface area contributed by atoms with Gasteiger partial charge in [0.05, 0.1) is 36.0 Å². The van der Waals surface area contributed by atoms with Crippen molar-refractivity contribution in [1.29, 1.82) is 0 Å². The van der Waals surface area contributed by atoms with Crippen LogP contribution in [0.4, 0.5) is 5.69 Å². The third kappa shape index (κ3) is 5.18. The number of carbonyl (C=O) groups is 1. The Morgan fingerprint density at radius 3 is 2.79 bits per heavy atom. The highest BCUT2D eigenvalue weighted by molar-refractivity contribution is 8.18. The number of thioether (sulfide) groups is 1. The minimum atomic E-state index is -0.477. The quantitative estimate of drug-likeness (QED) is 0.218. The molecule has 33 heavy (non-hydrogen) atoms. The van der Waals surface area contributed by atoms with E-state index < -0.39 is 4.92 Å². The van der Waals surface area contributed by atoms with Gasteiger partial charge in [-0.25, -0.2) is 0 Å². The van der Waals surface area contributed by atoms with Crippen LogP contribution in [0.2, 0.25) is 0 Å². The molecule has 1 aliphatic rings. The maximum absolute atomic E-state index is 13.1. The van der Waals surface area contributed by atoms with Crippen LogP contribution in [0.1, 0.15) is 16.9 Å². The number of non-ortho nitro benzene ring substituents is 1. The summed E-state index contributed by atoms with van der Waals surface area (Å²) in [7, 11) is 1.57. The SMILES string of the molecule is COc1ccccc1/C=C1\S/C(=N\N=C\c2cccc([N+](=O)[O-])c2)N(Cc2ccco2)C1=O. The van der Waals surface area contributed by atoms with Crippen molar-refractivity contribution in [2.75, 3.05) is 7.11 Å². The molecule has 3 aromatic rings. The summed E-state index contributed by atoms with van der Waals surface area (Å²) in [6, 6.07) is 16.9. The molecule has 1 aliphatic heterocycles. The number of hydrogen-bond acceptors (Lipinski definition) is 8. The molecule has 2 heterocycles. The molecule has 4 rings (SSSR count). The van der Waals surface area contributed by atoms with Crippen molar-refractivity contribution in [1.82, 2.24) is 4.90 Å². The maximum atomic E-state index is 13.1. The molecule has 0 unspecified atom stereocenters. The number of nitro benzene ring substituents is 1. The molecule has 0 spiro atoms. The minimum Gasteiger partial charge on any atom is -0.496 e. The van der Waals surface area contributed by atoms with Crippen LogP contribution in [0.15, 0.2) is 86.5 Å². The second kappa shape index (κ2) is 9.96. The summed E-state index contributed by atoms with van der Waals surface area (Å²) < 4.78 is 10.8. The first kappa shape index (κ1) is 22.0. The first-order valence-corrected chi connectivity index (χ1v) is 10.6. The van der Waals surface area contributed by atoms with Gasteiger partial charge in [0, 0.05) is 23.3 Å². The van der Waals surface area contributed by atoms with E-state index in [2.05, 4.69) is 10.2 Å². The predicted octanol–water partition coefficient (Wildman–Crippen LogP) is 4.70. The lowest BCUT2D eigenvalue weighted by atomic mass is 10.2. The Hall–Kier alpha value is -4.18. The lowest BCUT2D eigenvalue weighted by Crippen LogP contribution is -2.28. The summed E-state index contributed by atoms with van der Waals surface area (Å²) in [5, 5.41) is 19.6. The number of ether oxygens (including phenoxy) is 1. The number of nitro groups is 1. The van der Waals surface area contributed by atoms with Crippen molar-refractivity contribution >= 4 is 40.8 Å². The van der Waals surface area contributed by atoms with Crippen molar-refractivity contribution < 1.29 is 18.9 Å². The standard InChI is InChI=1S/C23H18N4O5S/c1-31-20-10-3-2-7-17(20)13-21-22(28)26(15-19-9-5-11-32-19)23(33-21)25-24-14-16-6-4-8-18(12-16)27(29)30/h2-14H,15H2,1H3/b21-13-,24-14+,25-23-. The summed E-state index contributed by atoms with van der Waals surface area (Å²) in [4.78, 5) is 25.6. The van der Waals surface area contributed by atoms with Gasteiger partial charge in [0.1, 0.15) is 11.5 Å². The van der Waals surface area contributed by atoms with Crippen molar-refractivity contribution in [3.63, 3.8) is 0 Å². The Morgan fingerprint density at radius 2 is 2.03 bits per heavy atom. The van der Waals surface area contributed by atoms with E-state index in [1.807, 2.05) is 24.3 Å². The monoisotopic (exact) mass is 462 g/mol. The van der Waals surface area contributed by atoms with Gasteiger partial charge in [0.25, 0.3) is 11.6 Å². The first-order chi connectivity index (χ1) is 16.0. The zero-order chi connectivity index (χ0) is 23.2. The number of methoxy groups -OCH3 is 1. The average molecular weight is 462 g/mol. The van der Waals surface area contributed by atoms with Crippen LogP contribution in [-0.2, 0) is 11.3 Å². The van der Waals surface area contributed by atoms with E-state index >= 15 is 0 Å². The van der Waals surface area contributed by atoms with E-state index in [-0.39, 0.29) is 18.1 Å². The van der Waals surface area contributed by atoms with Crippen molar-refractivity contribution in [3.05, 3.63) is 98.8 Å². The third-order valence-corrected chi connectivity index (χ3v) is 5.64. The predicted molar refractivity (Wildman–Crippen MR) is 126 cm³/mol.